The molecule has 2 N–H and O–H groups in total. The van der Waals surface area contributed by atoms with E-state index < -0.39 is 0 Å². The SMILES string of the molecule is CCN(CC1CC1)C(=O)C(CN)c1ccccc1.Cl. The van der Waals surface area contributed by atoms with E-state index in [0.717, 1.165) is 24.6 Å². The molecule has 19 heavy (non-hydrogen) atoms. The zero-order valence-electron chi connectivity index (χ0n) is 11.4. The molecule has 106 valence electrons. The molecule has 1 aliphatic rings. The topological polar surface area (TPSA) is 46.3 Å². The Hall–Kier alpha value is -1.06. The summed E-state index contributed by atoms with van der Waals surface area (Å²) in [5.74, 6) is 0.714. The van der Waals surface area contributed by atoms with Crippen molar-refractivity contribution in [3.63, 3.8) is 0 Å². The highest BCUT2D eigenvalue weighted by molar-refractivity contribution is 5.85. The van der Waals surface area contributed by atoms with Crippen molar-refractivity contribution in [3.05, 3.63) is 35.9 Å². The van der Waals surface area contributed by atoms with E-state index in [1.165, 1.54) is 12.8 Å². The fourth-order valence-corrected chi connectivity index (χ4v) is 2.27. The number of carbonyl (C=O) groups excluding carboxylic acids is 1. The zero-order chi connectivity index (χ0) is 13.0. The van der Waals surface area contributed by atoms with Crippen LogP contribution in [0.15, 0.2) is 30.3 Å². The molecule has 0 aliphatic heterocycles. The number of rotatable bonds is 6. The zero-order valence-corrected chi connectivity index (χ0v) is 12.2. The molecule has 4 heteroatoms. The number of hydrogen-bond donors (Lipinski definition) is 1. The third kappa shape index (κ3) is 4.22. The van der Waals surface area contributed by atoms with Gasteiger partial charge in [-0.15, -0.1) is 12.4 Å². The molecule has 0 heterocycles. The third-order valence-corrected chi connectivity index (χ3v) is 3.60. The lowest BCUT2D eigenvalue weighted by atomic mass is 9.97. The summed E-state index contributed by atoms with van der Waals surface area (Å²) in [6.07, 6.45) is 2.53. The van der Waals surface area contributed by atoms with Gasteiger partial charge in [0.25, 0.3) is 0 Å². The monoisotopic (exact) mass is 282 g/mol. The van der Waals surface area contributed by atoms with Gasteiger partial charge in [-0.3, -0.25) is 4.79 Å². The molecule has 3 nitrogen and oxygen atoms in total. The standard InChI is InChI=1S/C15H22N2O.ClH/c1-2-17(11-12-8-9-12)15(18)14(10-16)13-6-4-3-5-7-13;/h3-7,12,14H,2,8-11,16H2,1H3;1H. The van der Waals surface area contributed by atoms with Crippen LogP contribution in [0.4, 0.5) is 0 Å². The van der Waals surface area contributed by atoms with Crippen LogP contribution in [-0.2, 0) is 4.79 Å². The second kappa shape index (κ2) is 7.51. The molecular formula is C15H23ClN2O. The van der Waals surface area contributed by atoms with E-state index in [1.54, 1.807) is 0 Å². The van der Waals surface area contributed by atoms with E-state index in [9.17, 15) is 4.79 Å². The van der Waals surface area contributed by atoms with E-state index in [1.807, 2.05) is 42.2 Å². The van der Waals surface area contributed by atoms with Crippen molar-refractivity contribution >= 4 is 18.3 Å². The lowest BCUT2D eigenvalue weighted by Crippen LogP contribution is -2.39. The number of carbonyl (C=O) groups is 1. The molecule has 1 atom stereocenters. The number of benzene rings is 1. The van der Waals surface area contributed by atoms with Gasteiger partial charge in [0.2, 0.25) is 5.91 Å². The summed E-state index contributed by atoms with van der Waals surface area (Å²) in [5, 5.41) is 0. The Balaban J connectivity index is 0.00000180. The van der Waals surface area contributed by atoms with Crippen LogP contribution in [0.2, 0.25) is 0 Å². The van der Waals surface area contributed by atoms with Crippen LogP contribution in [0.1, 0.15) is 31.2 Å². The minimum absolute atomic E-state index is 0. The minimum atomic E-state index is -0.190. The van der Waals surface area contributed by atoms with Crippen molar-refractivity contribution in [3.8, 4) is 0 Å². The normalized spacial score (nSPS) is 15.5. The van der Waals surface area contributed by atoms with Gasteiger partial charge in [0.1, 0.15) is 0 Å². The lowest BCUT2D eigenvalue weighted by molar-refractivity contribution is -0.132. The predicted molar refractivity (Wildman–Crippen MR) is 80.5 cm³/mol. The summed E-state index contributed by atoms with van der Waals surface area (Å²) < 4.78 is 0. The smallest absolute Gasteiger partial charge is 0.231 e. The van der Waals surface area contributed by atoms with Gasteiger partial charge in [-0.1, -0.05) is 30.3 Å². The lowest BCUT2D eigenvalue weighted by Gasteiger charge is -2.26. The number of likely N-dealkylation sites (N-methyl/N-ethyl adjacent to an activating group) is 1. The van der Waals surface area contributed by atoms with E-state index in [4.69, 9.17) is 5.73 Å². The van der Waals surface area contributed by atoms with Crippen LogP contribution in [0.25, 0.3) is 0 Å². The maximum atomic E-state index is 12.5. The van der Waals surface area contributed by atoms with Crippen LogP contribution in [0, 0.1) is 5.92 Å². The van der Waals surface area contributed by atoms with Crippen molar-refractivity contribution in [1.82, 2.24) is 4.90 Å². The Morgan fingerprint density at radius 2 is 2.00 bits per heavy atom. The average Bonchev–Trinajstić information content (AvgIpc) is 3.22. The van der Waals surface area contributed by atoms with Crippen LogP contribution in [0.5, 0.6) is 0 Å². The molecule has 0 saturated heterocycles. The van der Waals surface area contributed by atoms with Gasteiger partial charge in [-0.2, -0.15) is 0 Å². The number of amides is 1. The Morgan fingerprint density at radius 3 is 2.47 bits per heavy atom. The van der Waals surface area contributed by atoms with E-state index in [-0.39, 0.29) is 24.2 Å². The van der Waals surface area contributed by atoms with E-state index in [0.29, 0.717) is 6.54 Å². The van der Waals surface area contributed by atoms with Crippen LogP contribution >= 0.6 is 12.4 Å². The minimum Gasteiger partial charge on any atom is -0.342 e. The largest absolute Gasteiger partial charge is 0.342 e. The van der Waals surface area contributed by atoms with Crippen molar-refractivity contribution in [2.24, 2.45) is 11.7 Å². The van der Waals surface area contributed by atoms with Crippen LogP contribution < -0.4 is 5.73 Å². The summed E-state index contributed by atoms with van der Waals surface area (Å²) in [7, 11) is 0. The fraction of sp³-hybridized carbons (Fsp3) is 0.533. The Kier molecular flexibility index (Phi) is 6.32. The molecule has 0 radical (unpaired) electrons. The summed E-state index contributed by atoms with van der Waals surface area (Å²) in [5.41, 5.74) is 6.82. The van der Waals surface area contributed by atoms with Crippen molar-refractivity contribution in [2.75, 3.05) is 19.6 Å². The van der Waals surface area contributed by atoms with Crippen molar-refractivity contribution in [2.45, 2.75) is 25.7 Å². The second-order valence-corrected chi connectivity index (χ2v) is 5.02. The number of nitrogens with zero attached hydrogens (tertiary/aromatic N) is 1. The van der Waals surface area contributed by atoms with Gasteiger partial charge in [-0.25, -0.2) is 0 Å². The van der Waals surface area contributed by atoms with Gasteiger partial charge in [0.05, 0.1) is 5.92 Å². The van der Waals surface area contributed by atoms with Gasteiger partial charge in [0.15, 0.2) is 0 Å². The highest BCUT2D eigenvalue weighted by atomic mass is 35.5. The number of halogens is 1. The molecule has 1 aromatic rings. The quantitative estimate of drug-likeness (QED) is 0.871. The van der Waals surface area contributed by atoms with E-state index >= 15 is 0 Å². The van der Waals surface area contributed by atoms with E-state index in [2.05, 4.69) is 0 Å². The second-order valence-electron chi connectivity index (χ2n) is 5.02. The molecule has 2 rings (SSSR count). The first-order valence-electron chi connectivity index (χ1n) is 6.80. The fourth-order valence-electron chi connectivity index (χ4n) is 2.27. The molecular weight excluding hydrogens is 260 g/mol. The maximum absolute atomic E-state index is 12.5. The van der Waals surface area contributed by atoms with Crippen LogP contribution in [0.3, 0.4) is 0 Å². The molecule has 1 amide bonds. The first kappa shape index (κ1) is 16.0. The number of nitrogens with two attached hydrogens (primary N) is 1. The third-order valence-electron chi connectivity index (χ3n) is 3.60. The van der Waals surface area contributed by atoms with Crippen molar-refractivity contribution < 1.29 is 4.79 Å². The first-order chi connectivity index (χ1) is 8.76. The summed E-state index contributed by atoms with van der Waals surface area (Å²) in [6, 6.07) is 9.86. The first-order valence-corrected chi connectivity index (χ1v) is 6.80. The van der Waals surface area contributed by atoms with Gasteiger partial charge in [0, 0.05) is 19.6 Å². The summed E-state index contributed by atoms with van der Waals surface area (Å²) in [6.45, 7) is 4.10. The molecule has 0 spiro atoms. The highest BCUT2D eigenvalue weighted by Gasteiger charge is 2.29. The molecule has 1 aromatic carbocycles. The van der Waals surface area contributed by atoms with Gasteiger partial charge in [-0.05, 0) is 31.2 Å². The molecule has 1 aliphatic carbocycles. The molecule has 0 aromatic heterocycles. The van der Waals surface area contributed by atoms with Crippen molar-refractivity contribution in [1.29, 1.82) is 0 Å². The van der Waals surface area contributed by atoms with Gasteiger partial charge < -0.3 is 10.6 Å². The predicted octanol–water partition coefficient (Wildman–Crippen LogP) is 2.41. The molecule has 1 fully saturated rings. The Bertz CT molecular complexity index is 392. The number of hydrogen-bond acceptors (Lipinski definition) is 2. The molecule has 1 saturated carbocycles. The summed E-state index contributed by atoms with van der Waals surface area (Å²) >= 11 is 0. The average molecular weight is 283 g/mol. The molecule has 0 bridgehead atoms. The highest BCUT2D eigenvalue weighted by Crippen LogP contribution is 2.30. The maximum Gasteiger partial charge on any atom is 0.231 e. The Labute approximate surface area is 121 Å². The van der Waals surface area contributed by atoms with Crippen LogP contribution in [-0.4, -0.2) is 30.4 Å². The Morgan fingerprint density at radius 1 is 1.37 bits per heavy atom. The van der Waals surface area contributed by atoms with Gasteiger partial charge >= 0.3 is 0 Å². The summed E-state index contributed by atoms with van der Waals surface area (Å²) in [4.78, 5) is 14.5. The molecule has 1 unspecified atom stereocenters.